The van der Waals surface area contributed by atoms with Crippen molar-refractivity contribution in [2.75, 3.05) is 12.8 Å². The Morgan fingerprint density at radius 3 is 2.67 bits per heavy atom. The average Bonchev–Trinajstić information content (AvgIpc) is 2.65. The smallest absolute Gasteiger partial charge is 0.294 e. The molecule has 5 nitrogen and oxygen atoms in total. The normalized spacial score (nSPS) is 15.4. The Balaban J connectivity index is 1.64. The maximum Gasteiger partial charge on any atom is 0.417 e. The van der Waals surface area contributed by atoms with E-state index in [1.807, 2.05) is 4.90 Å². The molecular formula is C20H17ClF3N3O2S. The van der Waals surface area contributed by atoms with E-state index in [9.17, 15) is 21.6 Å². The van der Waals surface area contributed by atoms with E-state index in [-0.39, 0.29) is 10.5 Å². The van der Waals surface area contributed by atoms with Gasteiger partial charge in [0.05, 0.1) is 10.5 Å². The van der Waals surface area contributed by atoms with Crippen molar-refractivity contribution in [3.8, 4) is 0 Å². The number of aromatic nitrogens is 2. The number of sulfone groups is 1. The summed E-state index contributed by atoms with van der Waals surface area (Å²) in [6.07, 6.45) is -1.95. The Labute approximate surface area is 176 Å². The number of alkyl halides is 3. The molecule has 1 aliphatic rings. The summed E-state index contributed by atoms with van der Waals surface area (Å²) in [7, 11) is -3.45. The average molecular weight is 456 g/mol. The van der Waals surface area contributed by atoms with E-state index in [2.05, 4.69) is 9.97 Å². The Bertz CT molecular complexity index is 1250. The van der Waals surface area contributed by atoms with Crippen molar-refractivity contribution in [1.82, 2.24) is 14.9 Å². The van der Waals surface area contributed by atoms with Gasteiger partial charge >= 0.3 is 6.18 Å². The molecule has 158 valence electrons. The quantitative estimate of drug-likeness (QED) is 0.590. The molecular weight excluding hydrogens is 439 g/mol. The minimum atomic E-state index is -4.47. The third kappa shape index (κ3) is 4.28. The summed E-state index contributed by atoms with van der Waals surface area (Å²) in [6, 6.07) is 7.50. The van der Waals surface area contributed by atoms with Crippen molar-refractivity contribution in [2.45, 2.75) is 30.6 Å². The zero-order valence-electron chi connectivity index (χ0n) is 15.9. The second-order valence-electron chi connectivity index (χ2n) is 7.35. The maximum atomic E-state index is 13.0. The largest absolute Gasteiger partial charge is 0.417 e. The van der Waals surface area contributed by atoms with E-state index in [0.717, 1.165) is 29.8 Å². The van der Waals surface area contributed by atoms with Crippen LogP contribution in [0.2, 0.25) is 5.02 Å². The number of benzene rings is 1. The monoisotopic (exact) mass is 455 g/mol. The molecule has 0 unspecified atom stereocenters. The van der Waals surface area contributed by atoms with Crippen LogP contribution in [0.15, 0.2) is 41.4 Å². The topological polar surface area (TPSA) is 63.2 Å². The number of pyridine rings is 2. The zero-order valence-corrected chi connectivity index (χ0v) is 17.4. The number of halogens is 4. The van der Waals surface area contributed by atoms with Crippen LogP contribution in [0.5, 0.6) is 0 Å². The summed E-state index contributed by atoms with van der Waals surface area (Å²) in [4.78, 5) is 10.5. The van der Waals surface area contributed by atoms with Crippen LogP contribution < -0.4 is 0 Å². The van der Waals surface area contributed by atoms with E-state index >= 15 is 0 Å². The number of nitrogens with zero attached hydrogens (tertiary/aromatic N) is 3. The number of hydrogen-bond acceptors (Lipinski definition) is 5. The minimum absolute atomic E-state index is 0.177. The molecule has 0 N–H and O–H groups in total. The molecule has 0 atom stereocenters. The van der Waals surface area contributed by atoms with Crippen LogP contribution in [-0.2, 0) is 35.5 Å². The maximum absolute atomic E-state index is 13.0. The highest BCUT2D eigenvalue weighted by Gasteiger charge is 2.31. The summed E-state index contributed by atoms with van der Waals surface area (Å²) in [6.45, 7) is 1.45. The van der Waals surface area contributed by atoms with E-state index in [0.29, 0.717) is 42.0 Å². The lowest BCUT2D eigenvalue weighted by Crippen LogP contribution is -2.31. The summed E-state index contributed by atoms with van der Waals surface area (Å²) < 4.78 is 63.2. The van der Waals surface area contributed by atoms with Crippen molar-refractivity contribution in [3.63, 3.8) is 0 Å². The van der Waals surface area contributed by atoms with E-state index in [1.54, 1.807) is 18.2 Å². The van der Waals surface area contributed by atoms with Gasteiger partial charge in [-0.25, -0.2) is 18.4 Å². The molecule has 3 aromatic rings. The Morgan fingerprint density at radius 2 is 1.97 bits per heavy atom. The molecule has 0 amide bonds. The van der Waals surface area contributed by atoms with Gasteiger partial charge in [-0.3, -0.25) is 4.90 Å². The molecule has 1 aliphatic heterocycles. The molecule has 0 spiro atoms. The van der Waals surface area contributed by atoms with Gasteiger partial charge in [-0.2, -0.15) is 13.2 Å². The molecule has 10 heteroatoms. The van der Waals surface area contributed by atoms with Crippen LogP contribution in [0.25, 0.3) is 11.0 Å². The molecule has 0 radical (unpaired) electrons. The fraction of sp³-hybridized carbons (Fsp3) is 0.300. The molecule has 0 aliphatic carbocycles. The van der Waals surface area contributed by atoms with Gasteiger partial charge in [0, 0.05) is 54.6 Å². The molecule has 1 aromatic carbocycles. The van der Waals surface area contributed by atoms with Crippen molar-refractivity contribution in [1.29, 1.82) is 0 Å². The van der Waals surface area contributed by atoms with Crippen molar-refractivity contribution >= 4 is 32.5 Å². The van der Waals surface area contributed by atoms with Crippen LogP contribution in [0, 0.1) is 0 Å². The highest BCUT2D eigenvalue weighted by molar-refractivity contribution is 7.90. The van der Waals surface area contributed by atoms with Crippen LogP contribution in [0.1, 0.15) is 22.4 Å². The third-order valence-electron chi connectivity index (χ3n) is 5.05. The van der Waals surface area contributed by atoms with E-state index in [1.165, 1.54) is 6.07 Å². The second-order valence-corrected chi connectivity index (χ2v) is 9.77. The Kier molecular flexibility index (Phi) is 5.24. The number of fused-ring (bicyclic) bond motifs is 2. The summed E-state index contributed by atoms with van der Waals surface area (Å²) >= 11 is 5.96. The first-order valence-electron chi connectivity index (χ1n) is 9.07. The highest BCUT2D eigenvalue weighted by Crippen LogP contribution is 2.31. The Morgan fingerprint density at radius 1 is 1.20 bits per heavy atom. The SMILES string of the molecule is CS(=O)(=O)c1cc(Cl)ccc1CN1CCc2nc3ncc(C(F)(F)F)cc3cc2C1. The Hall–Kier alpha value is -2.23. The van der Waals surface area contributed by atoms with Crippen LogP contribution in [-0.4, -0.2) is 36.1 Å². The lowest BCUT2D eigenvalue weighted by molar-refractivity contribution is -0.137. The molecule has 0 saturated carbocycles. The van der Waals surface area contributed by atoms with Crippen LogP contribution in [0.4, 0.5) is 13.2 Å². The molecule has 0 fully saturated rings. The van der Waals surface area contributed by atoms with E-state index < -0.39 is 21.6 Å². The van der Waals surface area contributed by atoms with Gasteiger partial charge in [0.1, 0.15) is 0 Å². The second kappa shape index (κ2) is 7.47. The van der Waals surface area contributed by atoms with E-state index in [4.69, 9.17) is 11.6 Å². The first-order chi connectivity index (χ1) is 14.0. The molecule has 0 saturated heterocycles. The van der Waals surface area contributed by atoms with Crippen molar-refractivity contribution in [2.24, 2.45) is 0 Å². The summed E-state index contributed by atoms with van der Waals surface area (Å²) in [5, 5.41) is 0.667. The molecule has 30 heavy (non-hydrogen) atoms. The summed E-state index contributed by atoms with van der Waals surface area (Å²) in [5.41, 5.74) is 1.70. The molecule has 0 bridgehead atoms. The molecule has 4 rings (SSSR count). The van der Waals surface area contributed by atoms with Crippen molar-refractivity contribution < 1.29 is 21.6 Å². The predicted octanol–water partition coefficient (Wildman–Crippen LogP) is 4.26. The van der Waals surface area contributed by atoms with Gasteiger partial charge in [-0.1, -0.05) is 17.7 Å². The third-order valence-corrected chi connectivity index (χ3v) is 6.46. The van der Waals surface area contributed by atoms with Gasteiger partial charge in [-0.05, 0) is 35.4 Å². The van der Waals surface area contributed by atoms with Gasteiger partial charge in [-0.15, -0.1) is 0 Å². The summed E-state index contributed by atoms with van der Waals surface area (Å²) in [5.74, 6) is 0. The minimum Gasteiger partial charge on any atom is -0.294 e. The zero-order chi connectivity index (χ0) is 21.7. The molecule has 3 heterocycles. The van der Waals surface area contributed by atoms with Crippen LogP contribution in [0.3, 0.4) is 0 Å². The number of rotatable bonds is 3. The van der Waals surface area contributed by atoms with Gasteiger partial charge in [0.2, 0.25) is 0 Å². The lowest BCUT2D eigenvalue weighted by atomic mass is 10.0. The molecule has 2 aromatic heterocycles. The number of hydrogen-bond donors (Lipinski definition) is 0. The van der Waals surface area contributed by atoms with Gasteiger partial charge < -0.3 is 0 Å². The fourth-order valence-corrected chi connectivity index (χ4v) is 4.80. The van der Waals surface area contributed by atoms with Gasteiger partial charge in [0.15, 0.2) is 15.5 Å². The fourth-order valence-electron chi connectivity index (χ4n) is 3.62. The van der Waals surface area contributed by atoms with Gasteiger partial charge in [0.25, 0.3) is 0 Å². The highest BCUT2D eigenvalue weighted by atomic mass is 35.5. The standard InChI is InChI=1S/C20H17ClF3N3O2S/c1-30(28,29)18-8-16(21)3-2-12(18)10-27-5-4-17-14(11-27)6-13-7-15(20(22,23)24)9-25-19(13)26-17/h2-3,6-9H,4-5,10-11H2,1H3. The van der Waals surface area contributed by atoms with Crippen LogP contribution >= 0.6 is 11.6 Å². The first kappa shape index (κ1) is 21.0. The first-order valence-corrected chi connectivity index (χ1v) is 11.3. The lowest BCUT2D eigenvalue weighted by Gasteiger charge is -2.29. The predicted molar refractivity (Wildman–Crippen MR) is 107 cm³/mol. The van der Waals surface area contributed by atoms with Crippen molar-refractivity contribution in [3.05, 3.63) is 63.9 Å².